The summed E-state index contributed by atoms with van der Waals surface area (Å²) in [6.45, 7) is 4.03. The van der Waals surface area contributed by atoms with Crippen LogP contribution in [0.25, 0.3) is 0 Å². The fraction of sp³-hybridized carbons (Fsp3) is 0.375. The van der Waals surface area contributed by atoms with E-state index < -0.39 is 0 Å². The Morgan fingerprint density at radius 3 is 2.55 bits per heavy atom. The van der Waals surface area contributed by atoms with E-state index in [0.717, 1.165) is 35.4 Å². The van der Waals surface area contributed by atoms with Crippen LogP contribution in [0.4, 0.5) is 0 Å². The molecule has 1 atom stereocenters. The topological polar surface area (TPSA) is 61.0 Å². The van der Waals surface area contributed by atoms with Gasteiger partial charge in [-0.15, -0.1) is 0 Å². The molecule has 0 aliphatic carbocycles. The van der Waals surface area contributed by atoms with E-state index in [1.165, 1.54) is 5.56 Å². The lowest BCUT2D eigenvalue weighted by Gasteiger charge is -2.15. The van der Waals surface area contributed by atoms with Crippen molar-refractivity contribution in [1.82, 2.24) is 9.97 Å². The predicted octanol–water partition coefficient (Wildman–Crippen LogP) is 2.21. The molecule has 2 rings (SSSR count). The fourth-order valence-electron chi connectivity index (χ4n) is 2.42. The van der Waals surface area contributed by atoms with Crippen molar-refractivity contribution in [3.8, 4) is 5.75 Å². The zero-order valence-corrected chi connectivity index (χ0v) is 12.3. The van der Waals surface area contributed by atoms with Crippen LogP contribution >= 0.6 is 0 Å². The van der Waals surface area contributed by atoms with Gasteiger partial charge in [-0.3, -0.25) is 9.97 Å². The SMILES string of the molecule is COc1c(C)cnc(CC(N)Cc2ccncc2)c1C. The van der Waals surface area contributed by atoms with E-state index in [1.54, 1.807) is 19.5 Å². The molecule has 0 radical (unpaired) electrons. The zero-order valence-electron chi connectivity index (χ0n) is 12.3. The molecule has 0 amide bonds. The Balaban J connectivity index is 2.10. The first-order valence-electron chi connectivity index (χ1n) is 6.75. The molecule has 0 aromatic carbocycles. The molecule has 1 unspecified atom stereocenters. The second kappa shape index (κ2) is 6.48. The number of hydrogen-bond acceptors (Lipinski definition) is 4. The average molecular weight is 271 g/mol. The second-order valence-corrected chi connectivity index (χ2v) is 5.07. The lowest BCUT2D eigenvalue weighted by Crippen LogP contribution is -2.26. The molecular formula is C16H21N3O. The largest absolute Gasteiger partial charge is 0.496 e. The number of ether oxygens (including phenoxy) is 1. The van der Waals surface area contributed by atoms with Crippen LogP contribution in [-0.2, 0) is 12.8 Å². The molecule has 0 aliphatic heterocycles. The molecular weight excluding hydrogens is 250 g/mol. The minimum atomic E-state index is 0.0380. The molecule has 0 fully saturated rings. The molecule has 0 saturated heterocycles. The third-order valence-electron chi connectivity index (χ3n) is 3.45. The summed E-state index contributed by atoms with van der Waals surface area (Å²) in [6, 6.07) is 4.03. The number of hydrogen-bond donors (Lipinski definition) is 1. The monoisotopic (exact) mass is 271 g/mol. The minimum absolute atomic E-state index is 0.0380. The maximum atomic E-state index is 6.23. The van der Waals surface area contributed by atoms with Crippen LogP contribution in [0.3, 0.4) is 0 Å². The highest BCUT2D eigenvalue weighted by Crippen LogP contribution is 2.24. The first-order valence-corrected chi connectivity index (χ1v) is 6.75. The summed E-state index contributed by atoms with van der Waals surface area (Å²) in [5, 5.41) is 0. The van der Waals surface area contributed by atoms with E-state index in [-0.39, 0.29) is 6.04 Å². The van der Waals surface area contributed by atoms with Gasteiger partial charge in [0.25, 0.3) is 0 Å². The maximum absolute atomic E-state index is 6.23. The predicted molar refractivity (Wildman–Crippen MR) is 79.9 cm³/mol. The molecule has 20 heavy (non-hydrogen) atoms. The Bertz CT molecular complexity index is 569. The van der Waals surface area contributed by atoms with E-state index in [9.17, 15) is 0 Å². The lowest BCUT2D eigenvalue weighted by molar-refractivity contribution is 0.406. The Morgan fingerprint density at radius 1 is 1.20 bits per heavy atom. The third kappa shape index (κ3) is 3.33. The number of aryl methyl sites for hydroxylation is 1. The van der Waals surface area contributed by atoms with Crippen molar-refractivity contribution in [2.45, 2.75) is 32.7 Å². The van der Waals surface area contributed by atoms with E-state index in [0.29, 0.717) is 0 Å². The smallest absolute Gasteiger partial charge is 0.128 e. The number of aromatic nitrogens is 2. The van der Waals surface area contributed by atoms with Crippen molar-refractivity contribution in [2.24, 2.45) is 5.73 Å². The fourth-order valence-corrected chi connectivity index (χ4v) is 2.42. The molecule has 0 bridgehead atoms. The van der Waals surface area contributed by atoms with Crippen molar-refractivity contribution in [3.63, 3.8) is 0 Å². The van der Waals surface area contributed by atoms with Crippen molar-refractivity contribution in [1.29, 1.82) is 0 Å². The van der Waals surface area contributed by atoms with Crippen LogP contribution in [0.5, 0.6) is 5.75 Å². The van der Waals surface area contributed by atoms with Crippen LogP contribution in [0.15, 0.2) is 30.7 Å². The summed E-state index contributed by atoms with van der Waals surface area (Å²) in [5.41, 5.74) is 10.6. The Hall–Kier alpha value is -1.94. The minimum Gasteiger partial charge on any atom is -0.496 e. The van der Waals surface area contributed by atoms with Gasteiger partial charge in [0.05, 0.1) is 7.11 Å². The van der Waals surface area contributed by atoms with Crippen molar-refractivity contribution >= 4 is 0 Å². The zero-order chi connectivity index (χ0) is 14.5. The van der Waals surface area contributed by atoms with Gasteiger partial charge in [-0.1, -0.05) is 0 Å². The summed E-state index contributed by atoms with van der Waals surface area (Å²) in [4.78, 5) is 8.51. The van der Waals surface area contributed by atoms with Gasteiger partial charge in [0.2, 0.25) is 0 Å². The normalized spacial score (nSPS) is 12.2. The molecule has 4 nitrogen and oxygen atoms in total. The highest BCUT2D eigenvalue weighted by molar-refractivity contribution is 5.41. The number of methoxy groups -OCH3 is 1. The van der Waals surface area contributed by atoms with E-state index >= 15 is 0 Å². The van der Waals surface area contributed by atoms with Crippen LogP contribution in [0, 0.1) is 13.8 Å². The standard InChI is InChI=1S/C16H21N3O/c1-11-10-19-15(12(2)16(11)20-3)9-14(17)8-13-4-6-18-7-5-13/h4-7,10,14H,8-9,17H2,1-3H3. The Labute approximate surface area is 120 Å². The van der Waals surface area contributed by atoms with Gasteiger partial charge in [-0.05, 0) is 38.0 Å². The first kappa shape index (κ1) is 14.5. The highest BCUT2D eigenvalue weighted by atomic mass is 16.5. The number of nitrogens with two attached hydrogens (primary N) is 1. The molecule has 0 saturated carbocycles. The molecule has 2 aromatic rings. The van der Waals surface area contributed by atoms with Crippen LogP contribution in [-0.4, -0.2) is 23.1 Å². The van der Waals surface area contributed by atoms with Gasteiger partial charge >= 0.3 is 0 Å². The molecule has 0 spiro atoms. The number of nitrogens with zero attached hydrogens (tertiary/aromatic N) is 2. The van der Waals surface area contributed by atoms with E-state index in [1.807, 2.05) is 32.2 Å². The third-order valence-corrected chi connectivity index (χ3v) is 3.45. The van der Waals surface area contributed by atoms with Crippen LogP contribution < -0.4 is 10.5 Å². The van der Waals surface area contributed by atoms with Gasteiger partial charge in [0, 0.05) is 47.9 Å². The summed E-state index contributed by atoms with van der Waals surface area (Å²) in [7, 11) is 1.69. The van der Waals surface area contributed by atoms with Crippen LogP contribution in [0.1, 0.15) is 22.4 Å². The Morgan fingerprint density at radius 2 is 1.90 bits per heavy atom. The molecule has 2 N–H and O–H groups in total. The summed E-state index contributed by atoms with van der Waals surface area (Å²) >= 11 is 0. The van der Waals surface area contributed by atoms with E-state index in [4.69, 9.17) is 10.5 Å². The van der Waals surface area contributed by atoms with Gasteiger partial charge in [-0.25, -0.2) is 0 Å². The van der Waals surface area contributed by atoms with Crippen molar-refractivity contribution in [2.75, 3.05) is 7.11 Å². The van der Waals surface area contributed by atoms with Crippen molar-refractivity contribution in [3.05, 3.63) is 53.1 Å². The molecule has 0 aliphatic rings. The van der Waals surface area contributed by atoms with Gasteiger partial charge in [0.1, 0.15) is 5.75 Å². The summed E-state index contributed by atoms with van der Waals surface area (Å²) in [5.74, 6) is 0.908. The van der Waals surface area contributed by atoms with Gasteiger partial charge in [-0.2, -0.15) is 0 Å². The molecule has 2 aromatic heterocycles. The molecule has 2 heterocycles. The van der Waals surface area contributed by atoms with Crippen LogP contribution in [0.2, 0.25) is 0 Å². The Kier molecular flexibility index (Phi) is 4.69. The lowest BCUT2D eigenvalue weighted by atomic mass is 10.00. The second-order valence-electron chi connectivity index (χ2n) is 5.07. The molecule has 106 valence electrons. The molecule has 4 heteroatoms. The average Bonchev–Trinajstić information content (AvgIpc) is 2.44. The summed E-state index contributed by atoms with van der Waals surface area (Å²) < 4.78 is 5.43. The van der Waals surface area contributed by atoms with Gasteiger partial charge in [0.15, 0.2) is 0 Å². The number of pyridine rings is 2. The summed E-state index contributed by atoms with van der Waals surface area (Å²) in [6.07, 6.45) is 6.99. The highest BCUT2D eigenvalue weighted by Gasteiger charge is 2.13. The van der Waals surface area contributed by atoms with Crippen molar-refractivity contribution < 1.29 is 4.74 Å². The maximum Gasteiger partial charge on any atom is 0.128 e. The van der Waals surface area contributed by atoms with Gasteiger partial charge < -0.3 is 10.5 Å². The quantitative estimate of drug-likeness (QED) is 0.905. The number of rotatable bonds is 5. The first-order chi connectivity index (χ1) is 9.61. The van der Waals surface area contributed by atoms with E-state index in [2.05, 4.69) is 9.97 Å².